The highest BCUT2D eigenvalue weighted by molar-refractivity contribution is 5.96. The average Bonchev–Trinajstić information content (AvgIpc) is 2.96. The molecule has 11 atom stereocenters. The van der Waals surface area contributed by atoms with Gasteiger partial charge >= 0.3 is 11.9 Å². The van der Waals surface area contributed by atoms with Crippen LogP contribution < -0.4 is 0 Å². The Morgan fingerprint density at radius 3 is 2.37 bits per heavy atom. The Kier molecular flexibility index (Phi) is 6.86. The minimum absolute atomic E-state index is 0.0897. The maximum absolute atomic E-state index is 14.7. The molecule has 0 amide bonds. The summed E-state index contributed by atoms with van der Waals surface area (Å²) < 4.78 is 18.0. The van der Waals surface area contributed by atoms with Crippen molar-refractivity contribution in [1.82, 2.24) is 0 Å². The number of methoxy groups -OCH3 is 1. The second-order valence-electron chi connectivity index (χ2n) is 16.3. The van der Waals surface area contributed by atoms with E-state index in [1.54, 1.807) is 13.0 Å². The lowest BCUT2D eigenvalue weighted by Gasteiger charge is -2.74. The molecule has 2 aliphatic heterocycles. The van der Waals surface area contributed by atoms with Crippen molar-refractivity contribution in [3.05, 3.63) is 23.3 Å². The Hall–Kier alpha value is -1.99. The second-order valence-corrected chi connectivity index (χ2v) is 16.3. The van der Waals surface area contributed by atoms with Gasteiger partial charge in [0, 0.05) is 34.7 Å². The van der Waals surface area contributed by atoms with Crippen molar-refractivity contribution in [2.45, 2.75) is 112 Å². The van der Waals surface area contributed by atoms with Gasteiger partial charge in [-0.3, -0.25) is 9.59 Å². The highest BCUT2D eigenvalue weighted by atomic mass is 16.6. The molecule has 1 N–H and O–H groups in total. The summed E-state index contributed by atoms with van der Waals surface area (Å²) in [6.07, 6.45) is 7.98. The molecule has 2 bridgehead atoms. The fourth-order valence-electron chi connectivity index (χ4n) is 11.8. The third kappa shape index (κ3) is 3.58. The van der Waals surface area contributed by atoms with Crippen LogP contribution in [0.15, 0.2) is 23.3 Å². The van der Waals surface area contributed by atoms with Crippen LogP contribution in [0.25, 0.3) is 0 Å². The molecule has 4 saturated carbocycles. The zero-order chi connectivity index (χ0) is 31.5. The molecule has 7 nitrogen and oxygen atoms in total. The molecule has 238 valence electrons. The zero-order valence-electron chi connectivity index (χ0n) is 27.7. The van der Waals surface area contributed by atoms with Crippen molar-refractivity contribution in [2.75, 3.05) is 13.7 Å². The lowest BCUT2D eigenvalue weighted by Crippen LogP contribution is -2.74. The Morgan fingerprint density at radius 1 is 1.07 bits per heavy atom. The van der Waals surface area contributed by atoms with Gasteiger partial charge < -0.3 is 19.3 Å². The highest BCUT2D eigenvalue weighted by Crippen LogP contribution is 2.77. The molecule has 0 aromatic carbocycles. The van der Waals surface area contributed by atoms with E-state index < -0.39 is 28.7 Å². The van der Waals surface area contributed by atoms with E-state index in [1.807, 2.05) is 13.0 Å². The predicted octanol–water partition coefficient (Wildman–Crippen LogP) is 6.18. The molecule has 5 aliphatic carbocycles. The first-order chi connectivity index (χ1) is 20.0. The van der Waals surface area contributed by atoms with Gasteiger partial charge in [0.2, 0.25) is 0 Å². The number of ketones is 1. The summed E-state index contributed by atoms with van der Waals surface area (Å²) in [5, 5.41) is 11.5. The van der Waals surface area contributed by atoms with E-state index >= 15 is 0 Å². The van der Waals surface area contributed by atoms with Crippen molar-refractivity contribution in [2.24, 2.45) is 56.7 Å². The van der Waals surface area contributed by atoms with Crippen LogP contribution in [0, 0.1) is 56.7 Å². The van der Waals surface area contributed by atoms with Gasteiger partial charge in [0.15, 0.2) is 11.6 Å². The van der Waals surface area contributed by atoms with E-state index in [1.165, 1.54) is 7.11 Å². The number of hydrogen-bond acceptors (Lipinski definition) is 7. The van der Waals surface area contributed by atoms with Crippen molar-refractivity contribution < 1.29 is 33.7 Å². The Morgan fingerprint density at radius 2 is 1.77 bits per heavy atom. The molecule has 2 heterocycles. The Balaban J connectivity index is 1.50. The number of allylic oxidation sites excluding steroid dienone is 3. The molecule has 1 spiro atoms. The molecule has 6 fully saturated rings. The fraction of sp³-hybridized carbons (Fsp3) is 0.806. The molecule has 43 heavy (non-hydrogen) atoms. The van der Waals surface area contributed by atoms with Crippen LogP contribution in [-0.4, -0.2) is 48.4 Å². The summed E-state index contributed by atoms with van der Waals surface area (Å²) in [5.41, 5.74) is -0.930. The highest BCUT2D eigenvalue weighted by Gasteiger charge is 2.77. The number of aliphatic hydroxyl groups is 1. The van der Waals surface area contributed by atoms with Crippen molar-refractivity contribution >= 4 is 17.7 Å². The molecule has 0 aromatic heterocycles. The van der Waals surface area contributed by atoms with E-state index in [0.29, 0.717) is 37.9 Å². The van der Waals surface area contributed by atoms with Gasteiger partial charge in [-0.05, 0) is 87.0 Å². The standard InChI is InChI=1S/C36H52O7/c1-10-20(2)29(38)43-26-17-21(3)22(4)27-23-18-24(37)28-33(8,32(23,7)13-15-35(26,27)30(39)41-9)12-11-25-31(5,6)36(40)16-14-34(25,28)19-42-36/h10,18,21-22,25-28,40H,11-17,19H2,1-9H3/b20-10-/t21-,22+,25+,26-,27+,28+,32-,33-,34-,35-,36+/m1/s1. The summed E-state index contributed by atoms with van der Waals surface area (Å²) in [7, 11) is 1.42. The molecule has 0 aromatic rings. The van der Waals surface area contributed by atoms with Crippen LogP contribution in [0.5, 0.6) is 0 Å². The minimum Gasteiger partial charge on any atom is -0.468 e. The van der Waals surface area contributed by atoms with E-state index in [9.17, 15) is 19.5 Å². The lowest BCUT2D eigenvalue weighted by molar-refractivity contribution is -0.391. The van der Waals surface area contributed by atoms with Crippen LogP contribution in [0.4, 0.5) is 0 Å². The number of ether oxygens (including phenoxy) is 3. The number of hydrogen-bond donors (Lipinski definition) is 1. The maximum Gasteiger partial charge on any atom is 0.333 e. The SMILES string of the molecule is C/C=C(/C)C(=O)O[C@@H]1C[C@@H](C)[C@H](C)[C@H]2C3=CC(=O)[C@@H]4[C@]56CC[C@](O)(OC5)C(C)(C)[C@@H]6CC[C@@]4(C)[C@]3(C)CC[C@]21C(=O)OC. The number of rotatable bonds is 3. The van der Waals surface area contributed by atoms with Gasteiger partial charge in [-0.25, -0.2) is 4.79 Å². The summed E-state index contributed by atoms with van der Waals surface area (Å²) in [5.74, 6) is -1.80. The monoisotopic (exact) mass is 596 g/mol. The van der Waals surface area contributed by atoms with E-state index in [2.05, 4.69) is 41.5 Å². The topological polar surface area (TPSA) is 99.1 Å². The molecular weight excluding hydrogens is 544 g/mol. The minimum atomic E-state index is -1.15. The number of carbonyl (C=O) groups is 3. The van der Waals surface area contributed by atoms with Crippen molar-refractivity contribution in [3.8, 4) is 0 Å². The summed E-state index contributed by atoms with van der Waals surface area (Å²) in [6, 6.07) is 0. The Labute approximate surface area is 257 Å². The van der Waals surface area contributed by atoms with E-state index in [0.717, 1.165) is 24.8 Å². The molecule has 2 saturated heterocycles. The Bertz CT molecular complexity index is 1300. The normalized spacial score (nSPS) is 50.0. The number of fused-ring (bicyclic) bond motifs is 7. The van der Waals surface area contributed by atoms with Gasteiger partial charge in [-0.1, -0.05) is 53.2 Å². The summed E-state index contributed by atoms with van der Waals surface area (Å²) >= 11 is 0. The molecule has 0 radical (unpaired) electrons. The zero-order valence-corrected chi connectivity index (χ0v) is 27.7. The third-order valence-corrected chi connectivity index (χ3v) is 14.8. The van der Waals surface area contributed by atoms with Gasteiger partial charge in [0.1, 0.15) is 11.5 Å². The fourth-order valence-corrected chi connectivity index (χ4v) is 11.8. The molecule has 7 heteroatoms. The van der Waals surface area contributed by atoms with Gasteiger partial charge in [0.25, 0.3) is 0 Å². The average molecular weight is 597 g/mol. The smallest absolute Gasteiger partial charge is 0.333 e. The predicted molar refractivity (Wildman–Crippen MR) is 161 cm³/mol. The largest absolute Gasteiger partial charge is 0.468 e. The van der Waals surface area contributed by atoms with Gasteiger partial charge in [-0.15, -0.1) is 0 Å². The van der Waals surface area contributed by atoms with Gasteiger partial charge in [-0.2, -0.15) is 0 Å². The summed E-state index contributed by atoms with van der Waals surface area (Å²) in [6.45, 7) is 17.2. The maximum atomic E-state index is 14.7. The first-order valence-corrected chi connectivity index (χ1v) is 16.6. The van der Waals surface area contributed by atoms with Crippen molar-refractivity contribution in [1.29, 1.82) is 0 Å². The first-order valence-electron chi connectivity index (χ1n) is 16.6. The van der Waals surface area contributed by atoms with Crippen LogP contribution in [0.2, 0.25) is 0 Å². The molecule has 7 aliphatic rings. The second kappa shape index (κ2) is 9.51. The third-order valence-electron chi connectivity index (χ3n) is 14.8. The molecular formula is C36H52O7. The van der Waals surface area contributed by atoms with Crippen LogP contribution in [0.3, 0.4) is 0 Å². The quantitative estimate of drug-likeness (QED) is 0.307. The molecule has 7 rings (SSSR count). The molecule has 0 unspecified atom stereocenters. The van der Waals surface area contributed by atoms with E-state index in [-0.39, 0.29) is 57.6 Å². The van der Waals surface area contributed by atoms with E-state index in [4.69, 9.17) is 14.2 Å². The van der Waals surface area contributed by atoms with Crippen LogP contribution in [-0.2, 0) is 28.6 Å². The van der Waals surface area contributed by atoms with Crippen LogP contribution >= 0.6 is 0 Å². The number of carbonyl (C=O) groups excluding carboxylic acids is 3. The first kappa shape index (κ1) is 31.0. The number of esters is 2. The van der Waals surface area contributed by atoms with Crippen molar-refractivity contribution in [3.63, 3.8) is 0 Å². The lowest BCUT2D eigenvalue weighted by atomic mass is 9.32. The van der Waals surface area contributed by atoms with Crippen LogP contribution in [0.1, 0.15) is 100 Å². The van der Waals surface area contributed by atoms with Gasteiger partial charge in [0.05, 0.1) is 13.7 Å². The summed E-state index contributed by atoms with van der Waals surface area (Å²) in [4.78, 5) is 41.9.